The molecule has 0 amide bonds. The Labute approximate surface area is 102 Å². The van der Waals surface area contributed by atoms with Gasteiger partial charge in [-0.15, -0.1) is 0 Å². The lowest BCUT2D eigenvalue weighted by Crippen LogP contribution is -2.22. The van der Waals surface area contributed by atoms with Crippen molar-refractivity contribution in [3.05, 3.63) is 34.1 Å². The van der Waals surface area contributed by atoms with Gasteiger partial charge >= 0.3 is 0 Å². The molecular weight excluding hydrogens is 299 g/mol. The number of hydrogen-bond acceptors (Lipinski definition) is 3. The summed E-state index contributed by atoms with van der Waals surface area (Å²) in [6.07, 6.45) is -0.0648. The van der Waals surface area contributed by atoms with E-state index >= 15 is 0 Å². The Hall–Kier alpha value is -0.460. The van der Waals surface area contributed by atoms with E-state index in [1.54, 1.807) is 6.07 Å². The third-order valence-corrected chi connectivity index (χ3v) is 3.44. The van der Waals surface area contributed by atoms with Crippen LogP contribution in [-0.2, 0) is 16.3 Å². The Morgan fingerprint density at radius 1 is 1.50 bits per heavy atom. The molecule has 16 heavy (non-hydrogen) atoms. The van der Waals surface area contributed by atoms with Gasteiger partial charge in [0.1, 0.15) is 15.7 Å². The first-order valence-electron chi connectivity index (χ1n) is 4.57. The van der Waals surface area contributed by atoms with Crippen molar-refractivity contribution in [3.8, 4) is 0 Å². The average molecular weight is 311 g/mol. The molecule has 0 bridgehead atoms. The lowest BCUT2D eigenvalue weighted by Gasteiger charge is -2.10. The molecule has 0 aliphatic rings. The SMILES string of the molecule is CS(=O)(=O)CC(O)Cc1cc(Br)ccc1F. The zero-order valence-electron chi connectivity index (χ0n) is 8.65. The van der Waals surface area contributed by atoms with Crippen molar-refractivity contribution >= 4 is 25.8 Å². The van der Waals surface area contributed by atoms with E-state index < -0.39 is 21.8 Å². The van der Waals surface area contributed by atoms with Crippen LogP contribution in [0.2, 0.25) is 0 Å². The monoisotopic (exact) mass is 310 g/mol. The highest BCUT2D eigenvalue weighted by Crippen LogP contribution is 2.17. The van der Waals surface area contributed by atoms with E-state index in [0.717, 1.165) is 6.26 Å². The predicted octanol–water partition coefficient (Wildman–Crippen LogP) is 1.54. The molecule has 1 rings (SSSR count). The largest absolute Gasteiger partial charge is 0.392 e. The summed E-state index contributed by atoms with van der Waals surface area (Å²) in [4.78, 5) is 0. The quantitative estimate of drug-likeness (QED) is 0.917. The number of aliphatic hydroxyl groups is 1. The molecule has 0 heterocycles. The van der Waals surface area contributed by atoms with Crippen LogP contribution in [0, 0.1) is 5.82 Å². The van der Waals surface area contributed by atoms with Gasteiger partial charge in [-0.25, -0.2) is 12.8 Å². The molecule has 1 aromatic rings. The van der Waals surface area contributed by atoms with Crippen LogP contribution in [0.1, 0.15) is 5.56 Å². The molecule has 1 N–H and O–H groups in total. The van der Waals surface area contributed by atoms with Gasteiger partial charge in [-0.3, -0.25) is 0 Å². The molecular formula is C10H12BrFO3S. The van der Waals surface area contributed by atoms with Gasteiger partial charge in [-0.2, -0.15) is 0 Å². The summed E-state index contributed by atoms with van der Waals surface area (Å²) in [6.45, 7) is 0. The minimum absolute atomic E-state index is 0.0155. The summed E-state index contributed by atoms with van der Waals surface area (Å²) in [6, 6.07) is 4.34. The first kappa shape index (κ1) is 13.6. The van der Waals surface area contributed by atoms with E-state index in [9.17, 15) is 17.9 Å². The molecule has 0 radical (unpaired) electrons. The van der Waals surface area contributed by atoms with Crippen LogP contribution in [0.3, 0.4) is 0 Å². The number of benzene rings is 1. The van der Waals surface area contributed by atoms with Crippen molar-refractivity contribution in [3.63, 3.8) is 0 Å². The van der Waals surface area contributed by atoms with E-state index in [1.807, 2.05) is 0 Å². The van der Waals surface area contributed by atoms with E-state index in [1.165, 1.54) is 12.1 Å². The van der Waals surface area contributed by atoms with E-state index in [0.29, 0.717) is 10.0 Å². The number of aliphatic hydroxyl groups excluding tert-OH is 1. The summed E-state index contributed by atoms with van der Waals surface area (Å²) in [5.74, 6) is -0.811. The number of halogens is 2. The maximum absolute atomic E-state index is 13.3. The molecule has 90 valence electrons. The van der Waals surface area contributed by atoms with Crippen LogP contribution in [0.25, 0.3) is 0 Å². The summed E-state index contributed by atoms with van der Waals surface area (Å²) in [5, 5.41) is 9.49. The molecule has 1 atom stereocenters. The molecule has 0 spiro atoms. The summed E-state index contributed by atoms with van der Waals surface area (Å²) in [5.41, 5.74) is 0.297. The molecule has 1 unspecified atom stereocenters. The fourth-order valence-electron chi connectivity index (χ4n) is 1.36. The summed E-state index contributed by atoms with van der Waals surface area (Å²) >= 11 is 3.18. The maximum atomic E-state index is 13.3. The highest BCUT2D eigenvalue weighted by Gasteiger charge is 2.15. The second-order valence-electron chi connectivity index (χ2n) is 3.69. The molecule has 3 nitrogen and oxygen atoms in total. The van der Waals surface area contributed by atoms with Gasteiger partial charge < -0.3 is 5.11 Å². The van der Waals surface area contributed by atoms with Crippen LogP contribution in [0.4, 0.5) is 4.39 Å². The standard InChI is InChI=1S/C10H12BrFO3S/c1-16(14,15)6-9(13)5-7-4-8(11)2-3-10(7)12/h2-4,9,13H,5-6H2,1H3. The van der Waals surface area contributed by atoms with Crippen LogP contribution in [0.15, 0.2) is 22.7 Å². The van der Waals surface area contributed by atoms with Gasteiger partial charge in [-0.05, 0) is 23.8 Å². The Balaban J connectivity index is 2.77. The topological polar surface area (TPSA) is 54.4 Å². The maximum Gasteiger partial charge on any atom is 0.150 e. The van der Waals surface area contributed by atoms with Gasteiger partial charge in [0, 0.05) is 17.1 Å². The molecule has 0 aliphatic carbocycles. The molecule has 1 aromatic carbocycles. The van der Waals surface area contributed by atoms with Crippen molar-refractivity contribution in [2.75, 3.05) is 12.0 Å². The first-order valence-corrected chi connectivity index (χ1v) is 7.43. The highest BCUT2D eigenvalue weighted by atomic mass is 79.9. The van der Waals surface area contributed by atoms with Crippen molar-refractivity contribution in [1.82, 2.24) is 0 Å². The first-order chi connectivity index (χ1) is 7.28. The zero-order valence-corrected chi connectivity index (χ0v) is 11.1. The molecule has 0 fully saturated rings. The smallest absolute Gasteiger partial charge is 0.150 e. The van der Waals surface area contributed by atoms with Gasteiger partial charge in [0.05, 0.1) is 11.9 Å². The molecule has 0 aromatic heterocycles. The van der Waals surface area contributed by atoms with Gasteiger partial charge in [-0.1, -0.05) is 15.9 Å². The van der Waals surface area contributed by atoms with Crippen molar-refractivity contribution in [2.24, 2.45) is 0 Å². The zero-order chi connectivity index (χ0) is 12.3. The lowest BCUT2D eigenvalue weighted by molar-refractivity contribution is 0.196. The van der Waals surface area contributed by atoms with Crippen LogP contribution in [0.5, 0.6) is 0 Å². The second kappa shape index (κ2) is 5.25. The van der Waals surface area contributed by atoms with Crippen molar-refractivity contribution < 1.29 is 17.9 Å². The van der Waals surface area contributed by atoms with Crippen LogP contribution < -0.4 is 0 Å². The van der Waals surface area contributed by atoms with Crippen LogP contribution >= 0.6 is 15.9 Å². The fraction of sp³-hybridized carbons (Fsp3) is 0.400. The molecule has 0 saturated carbocycles. The van der Waals surface area contributed by atoms with Gasteiger partial charge in [0.2, 0.25) is 0 Å². The minimum atomic E-state index is -3.25. The molecule has 0 aliphatic heterocycles. The number of rotatable bonds is 4. The lowest BCUT2D eigenvalue weighted by atomic mass is 10.1. The summed E-state index contributed by atoms with van der Waals surface area (Å²) < 4.78 is 35.8. The fourth-order valence-corrected chi connectivity index (χ4v) is 2.59. The Morgan fingerprint density at radius 2 is 2.12 bits per heavy atom. The third kappa shape index (κ3) is 4.59. The molecule has 0 saturated heterocycles. The van der Waals surface area contributed by atoms with Crippen molar-refractivity contribution in [2.45, 2.75) is 12.5 Å². The van der Waals surface area contributed by atoms with Gasteiger partial charge in [0.25, 0.3) is 0 Å². The number of sulfone groups is 1. The van der Waals surface area contributed by atoms with Crippen LogP contribution in [-0.4, -0.2) is 31.6 Å². The molecule has 6 heteroatoms. The minimum Gasteiger partial charge on any atom is -0.392 e. The average Bonchev–Trinajstić information content (AvgIpc) is 2.08. The predicted molar refractivity (Wildman–Crippen MR) is 63.5 cm³/mol. The Kier molecular flexibility index (Phi) is 4.46. The highest BCUT2D eigenvalue weighted by molar-refractivity contribution is 9.10. The second-order valence-corrected chi connectivity index (χ2v) is 6.79. The number of hydrogen-bond donors (Lipinski definition) is 1. The third-order valence-electron chi connectivity index (χ3n) is 1.96. The Morgan fingerprint density at radius 3 is 2.69 bits per heavy atom. The normalized spacial score (nSPS) is 13.8. The van der Waals surface area contributed by atoms with Crippen molar-refractivity contribution in [1.29, 1.82) is 0 Å². The summed E-state index contributed by atoms with van der Waals surface area (Å²) in [7, 11) is -3.25. The van der Waals surface area contributed by atoms with Gasteiger partial charge in [0.15, 0.2) is 0 Å². The Bertz CT molecular complexity index is 473. The van der Waals surface area contributed by atoms with E-state index in [4.69, 9.17) is 0 Å². The van der Waals surface area contributed by atoms with E-state index in [-0.39, 0.29) is 12.2 Å². The van der Waals surface area contributed by atoms with E-state index in [2.05, 4.69) is 15.9 Å².